The number of carbonyl (C=O) groups is 1. The maximum atomic E-state index is 10.9. The third-order valence-corrected chi connectivity index (χ3v) is 3.19. The van der Waals surface area contributed by atoms with E-state index in [4.69, 9.17) is 5.73 Å². The van der Waals surface area contributed by atoms with Crippen molar-refractivity contribution in [1.29, 1.82) is 0 Å². The summed E-state index contributed by atoms with van der Waals surface area (Å²) < 4.78 is 2.80. The van der Waals surface area contributed by atoms with Crippen molar-refractivity contribution in [1.82, 2.24) is 15.0 Å². The summed E-state index contributed by atoms with van der Waals surface area (Å²) >= 11 is 3.39. The average molecular weight is 309 g/mol. The molecule has 1 amide bonds. The van der Waals surface area contributed by atoms with Gasteiger partial charge in [-0.3, -0.25) is 4.79 Å². The Morgan fingerprint density at radius 1 is 1.39 bits per heavy atom. The first-order chi connectivity index (χ1) is 8.56. The fourth-order valence-electron chi connectivity index (χ4n) is 1.64. The van der Waals surface area contributed by atoms with Gasteiger partial charge in [-0.05, 0) is 24.6 Å². The Kier molecular flexibility index (Phi) is 3.76. The van der Waals surface area contributed by atoms with Crippen molar-refractivity contribution in [2.75, 3.05) is 0 Å². The third kappa shape index (κ3) is 2.95. The molecule has 1 aromatic carbocycles. The summed E-state index contributed by atoms with van der Waals surface area (Å²) in [5, 5.41) is 8.01. The molecule has 0 atom stereocenters. The highest BCUT2D eigenvalue weighted by Gasteiger charge is 2.10. The predicted octanol–water partition coefficient (Wildman–Crippen LogP) is 1.43. The Bertz CT molecular complexity index is 562. The molecule has 2 rings (SSSR count). The van der Waals surface area contributed by atoms with Crippen LogP contribution < -0.4 is 5.73 Å². The number of primary amides is 1. The van der Waals surface area contributed by atoms with Crippen LogP contribution in [0.4, 0.5) is 0 Å². The summed E-state index contributed by atoms with van der Waals surface area (Å²) in [6, 6.07) is 7.98. The zero-order chi connectivity index (χ0) is 13.1. The van der Waals surface area contributed by atoms with Crippen LogP contribution in [0.25, 0.3) is 0 Å². The molecule has 0 fully saturated rings. The quantitative estimate of drug-likeness (QED) is 0.928. The topological polar surface area (TPSA) is 73.8 Å². The highest BCUT2D eigenvalue weighted by atomic mass is 79.9. The van der Waals surface area contributed by atoms with E-state index in [9.17, 15) is 4.79 Å². The summed E-state index contributed by atoms with van der Waals surface area (Å²) in [4.78, 5) is 10.9. The van der Waals surface area contributed by atoms with Gasteiger partial charge in [0, 0.05) is 4.47 Å². The Morgan fingerprint density at radius 2 is 2.06 bits per heavy atom. The van der Waals surface area contributed by atoms with Crippen LogP contribution in [-0.2, 0) is 17.8 Å². The molecule has 6 heteroatoms. The van der Waals surface area contributed by atoms with Crippen LogP contribution in [-0.4, -0.2) is 20.9 Å². The monoisotopic (exact) mass is 308 g/mol. The summed E-state index contributed by atoms with van der Waals surface area (Å²) in [6.45, 7) is 2.52. The number of hydrogen-bond donors (Lipinski definition) is 1. The molecule has 0 unspecified atom stereocenters. The minimum Gasteiger partial charge on any atom is -0.369 e. The molecule has 1 aromatic heterocycles. The number of amides is 1. The molecule has 0 aliphatic heterocycles. The number of aromatic nitrogens is 3. The second-order valence-electron chi connectivity index (χ2n) is 4.05. The largest absolute Gasteiger partial charge is 0.369 e. The minimum absolute atomic E-state index is 0.131. The molecule has 0 bridgehead atoms. The summed E-state index contributed by atoms with van der Waals surface area (Å²) in [5.41, 5.74) is 7.78. The summed E-state index contributed by atoms with van der Waals surface area (Å²) in [6.07, 6.45) is 0.131. The fraction of sp³-hybridized carbons (Fsp3) is 0.250. The Balaban J connectivity index is 2.17. The molecule has 0 aliphatic rings. The van der Waals surface area contributed by atoms with Crippen molar-refractivity contribution < 1.29 is 4.79 Å². The van der Waals surface area contributed by atoms with Crippen molar-refractivity contribution in [2.24, 2.45) is 5.73 Å². The van der Waals surface area contributed by atoms with Gasteiger partial charge in [-0.2, -0.15) is 0 Å². The van der Waals surface area contributed by atoms with Crippen LogP contribution in [0.3, 0.4) is 0 Å². The van der Waals surface area contributed by atoms with Crippen LogP contribution >= 0.6 is 15.9 Å². The van der Waals surface area contributed by atoms with Gasteiger partial charge in [0.2, 0.25) is 5.91 Å². The predicted molar refractivity (Wildman–Crippen MR) is 70.9 cm³/mol. The van der Waals surface area contributed by atoms with Crippen molar-refractivity contribution in [2.45, 2.75) is 19.9 Å². The van der Waals surface area contributed by atoms with E-state index >= 15 is 0 Å². The van der Waals surface area contributed by atoms with Crippen LogP contribution in [0.1, 0.15) is 17.0 Å². The molecule has 5 nitrogen and oxygen atoms in total. The van der Waals surface area contributed by atoms with Crippen molar-refractivity contribution in [3.8, 4) is 0 Å². The Hall–Kier alpha value is -1.69. The molecule has 2 aromatic rings. The average Bonchev–Trinajstić information content (AvgIpc) is 2.64. The number of halogens is 1. The molecule has 94 valence electrons. The maximum absolute atomic E-state index is 10.9. The van der Waals surface area contributed by atoms with Gasteiger partial charge in [0.25, 0.3) is 0 Å². The lowest BCUT2D eigenvalue weighted by molar-refractivity contribution is -0.117. The van der Waals surface area contributed by atoms with E-state index < -0.39 is 5.91 Å². The minimum atomic E-state index is -0.395. The molecular formula is C12H13BrN4O. The molecule has 0 spiro atoms. The van der Waals surface area contributed by atoms with Crippen molar-refractivity contribution in [3.63, 3.8) is 0 Å². The number of hydrogen-bond acceptors (Lipinski definition) is 3. The second-order valence-corrected chi connectivity index (χ2v) is 4.96. The van der Waals surface area contributed by atoms with E-state index in [2.05, 4.69) is 26.2 Å². The molecule has 0 saturated heterocycles. The first-order valence-corrected chi connectivity index (χ1v) is 6.27. The van der Waals surface area contributed by atoms with Gasteiger partial charge in [0.1, 0.15) is 0 Å². The number of carbonyl (C=O) groups excluding carboxylic acids is 1. The first-order valence-electron chi connectivity index (χ1n) is 5.48. The van der Waals surface area contributed by atoms with Crippen LogP contribution in [0.15, 0.2) is 28.7 Å². The number of rotatable bonds is 4. The standard InChI is InChI=1S/C12H13BrN4O/c1-8-11(6-12(14)18)15-16-17(8)7-9-2-4-10(13)5-3-9/h2-5H,6-7H2,1H3,(H2,14,18). The van der Waals surface area contributed by atoms with E-state index in [0.29, 0.717) is 12.2 Å². The molecular weight excluding hydrogens is 296 g/mol. The number of nitrogens with zero attached hydrogens (tertiary/aromatic N) is 3. The number of benzene rings is 1. The SMILES string of the molecule is Cc1c(CC(N)=O)nnn1Cc1ccc(Br)cc1. The number of nitrogens with two attached hydrogens (primary N) is 1. The second kappa shape index (κ2) is 5.30. The van der Waals surface area contributed by atoms with Gasteiger partial charge >= 0.3 is 0 Å². The highest BCUT2D eigenvalue weighted by molar-refractivity contribution is 9.10. The summed E-state index contributed by atoms with van der Waals surface area (Å²) in [5.74, 6) is -0.395. The van der Waals surface area contributed by atoms with E-state index in [0.717, 1.165) is 15.7 Å². The van der Waals surface area contributed by atoms with Gasteiger partial charge in [0.05, 0.1) is 24.4 Å². The van der Waals surface area contributed by atoms with Crippen LogP contribution in [0.2, 0.25) is 0 Å². The lowest BCUT2D eigenvalue weighted by Crippen LogP contribution is -2.14. The van der Waals surface area contributed by atoms with Gasteiger partial charge < -0.3 is 5.73 Å². The Morgan fingerprint density at radius 3 is 2.67 bits per heavy atom. The molecule has 0 radical (unpaired) electrons. The molecule has 2 N–H and O–H groups in total. The molecule has 0 aliphatic carbocycles. The zero-order valence-electron chi connectivity index (χ0n) is 9.93. The smallest absolute Gasteiger partial charge is 0.223 e. The first kappa shape index (κ1) is 12.8. The van der Waals surface area contributed by atoms with Gasteiger partial charge in [-0.15, -0.1) is 5.10 Å². The van der Waals surface area contributed by atoms with E-state index in [1.165, 1.54) is 0 Å². The molecule has 18 heavy (non-hydrogen) atoms. The van der Waals surface area contributed by atoms with Gasteiger partial charge in [0.15, 0.2) is 0 Å². The molecule has 0 saturated carbocycles. The highest BCUT2D eigenvalue weighted by Crippen LogP contribution is 2.12. The van der Waals surface area contributed by atoms with Gasteiger partial charge in [-0.1, -0.05) is 33.3 Å². The summed E-state index contributed by atoms with van der Waals surface area (Å²) in [7, 11) is 0. The third-order valence-electron chi connectivity index (χ3n) is 2.67. The normalized spacial score (nSPS) is 10.6. The van der Waals surface area contributed by atoms with Crippen molar-refractivity contribution in [3.05, 3.63) is 45.7 Å². The molecule has 1 heterocycles. The van der Waals surface area contributed by atoms with Crippen LogP contribution in [0.5, 0.6) is 0 Å². The van der Waals surface area contributed by atoms with E-state index in [1.54, 1.807) is 4.68 Å². The van der Waals surface area contributed by atoms with Crippen molar-refractivity contribution >= 4 is 21.8 Å². The van der Waals surface area contributed by atoms with E-state index in [-0.39, 0.29) is 6.42 Å². The van der Waals surface area contributed by atoms with Crippen LogP contribution in [0, 0.1) is 6.92 Å². The Labute approximate surface area is 113 Å². The lowest BCUT2D eigenvalue weighted by atomic mass is 10.2. The maximum Gasteiger partial charge on any atom is 0.223 e. The zero-order valence-corrected chi connectivity index (χ0v) is 11.5. The lowest BCUT2D eigenvalue weighted by Gasteiger charge is -2.04. The van der Waals surface area contributed by atoms with E-state index in [1.807, 2.05) is 31.2 Å². The fourth-order valence-corrected chi connectivity index (χ4v) is 1.90. The van der Waals surface area contributed by atoms with Gasteiger partial charge in [-0.25, -0.2) is 4.68 Å².